The van der Waals surface area contributed by atoms with E-state index in [1.807, 2.05) is 19.1 Å². The van der Waals surface area contributed by atoms with E-state index in [-0.39, 0.29) is 6.04 Å². The molecule has 1 aromatic heterocycles. The van der Waals surface area contributed by atoms with Crippen molar-refractivity contribution in [1.82, 2.24) is 4.90 Å². The Hall–Kier alpha value is -0.800. The summed E-state index contributed by atoms with van der Waals surface area (Å²) in [5.74, 6) is 1.85. The Morgan fingerprint density at radius 3 is 2.53 bits per heavy atom. The number of aryl methyl sites for hydroxylation is 1. The quantitative estimate of drug-likeness (QED) is 0.877. The lowest BCUT2D eigenvalue weighted by Crippen LogP contribution is -2.46. The van der Waals surface area contributed by atoms with Gasteiger partial charge < -0.3 is 10.2 Å². The summed E-state index contributed by atoms with van der Waals surface area (Å²) in [7, 11) is 0. The van der Waals surface area contributed by atoms with Crippen LogP contribution in [0.15, 0.2) is 16.5 Å². The third kappa shape index (κ3) is 2.90. The zero-order valence-corrected chi connectivity index (χ0v) is 11.1. The molecule has 1 aliphatic rings. The summed E-state index contributed by atoms with van der Waals surface area (Å²) in [6.45, 7) is 7.46. The van der Waals surface area contributed by atoms with Crippen LogP contribution in [-0.4, -0.2) is 23.5 Å². The molecule has 0 amide bonds. The summed E-state index contributed by atoms with van der Waals surface area (Å²) >= 11 is 0. The summed E-state index contributed by atoms with van der Waals surface area (Å²) in [4.78, 5) is 2.52. The molecule has 1 saturated heterocycles. The van der Waals surface area contributed by atoms with Gasteiger partial charge in [-0.1, -0.05) is 6.42 Å². The lowest BCUT2D eigenvalue weighted by Gasteiger charge is -2.40. The van der Waals surface area contributed by atoms with Gasteiger partial charge in [0, 0.05) is 18.6 Å². The van der Waals surface area contributed by atoms with Crippen molar-refractivity contribution in [2.24, 2.45) is 5.73 Å². The van der Waals surface area contributed by atoms with Crippen molar-refractivity contribution in [3.05, 3.63) is 23.7 Å². The Morgan fingerprint density at radius 1 is 1.35 bits per heavy atom. The zero-order chi connectivity index (χ0) is 12.4. The van der Waals surface area contributed by atoms with Gasteiger partial charge in [-0.05, 0) is 45.7 Å². The Labute approximate surface area is 104 Å². The Bertz CT molecular complexity index is 351. The van der Waals surface area contributed by atoms with E-state index >= 15 is 0 Å². The Kier molecular flexibility index (Phi) is 3.89. The second-order valence-electron chi connectivity index (χ2n) is 5.38. The van der Waals surface area contributed by atoms with Crippen LogP contribution in [0.3, 0.4) is 0 Å². The molecule has 1 fully saturated rings. The van der Waals surface area contributed by atoms with Gasteiger partial charge in [-0.2, -0.15) is 0 Å². The molecule has 3 nitrogen and oxygen atoms in total. The average molecular weight is 236 g/mol. The molecule has 3 heteroatoms. The molecule has 0 radical (unpaired) electrons. The summed E-state index contributed by atoms with van der Waals surface area (Å²) in [6.07, 6.45) is 3.91. The molecule has 0 saturated carbocycles. The van der Waals surface area contributed by atoms with Gasteiger partial charge in [0.25, 0.3) is 0 Å². The number of likely N-dealkylation sites (tertiary alicyclic amines) is 1. The molecule has 0 bridgehead atoms. The molecule has 0 spiro atoms. The van der Waals surface area contributed by atoms with Gasteiger partial charge in [0.2, 0.25) is 0 Å². The van der Waals surface area contributed by atoms with Crippen molar-refractivity contribution in [2.75, 3.05) is 6.54 Å². The number of nitrogens with two attached hydrogens (primary N) is 1. The van der Waals surface area contributed by atoms with Crippen LogP contribution in [0.4, 0.5) is 0 Å². The predicted octanol–water partition coefficient (Wildman–Crippen LogP) is 2.85. The molecule has 2 rings (SSSR count). The number of piperidine rings is 1. The maximum absolute atomic E-state index is 6.23. The van der Waals surface area contributed by atoms with Crippen LogP contribution in [0, 0.1) is 6.92 Å². The smallest absolute Gasteiger partial charge is 0.122 e. The normalized spacial score (nSPS) is 28.2. The van der Waals surface area contributed by atoms with E-state index in [4.69, 9.17) is 10.2 Å². The fourth-order valence-electron chi connectivity index (χ4n) is 2.80. The highest BCUT2D eigenvalue weighted by Crippen LogP contribution is 2.25. The van der Waals surface area contributed by atoms with Crippen LogP contribution in [0.2, 0.25) is 0 Å². The molecule has 1 aromatic rings. The van der Waals surface area contributed by atoms with Gasteiger partial charge in [0.1, 0.15) is 11.5 Å². The molecular formula is C14H24N2O. The van der Waals surface area contributed by atoms with E-state index in [1.54, 1.807) is 0 Å². The number of furan rings is 1. The molecule has 96 valence electrons. The van der Waals surface area contributed by atoms with Gasteiger partial charge >= 0.3 is 0 Å². The summed E-state index contributed by atoms with van der Waals surface area (Å²) in [5, 5.41) is 0. The van der Waals surface area contributed by atoms with Crippen molar-refractivity contribution < 1.29 is 4.42 Å². The summed E-state index contributed by atoms with van der Waals surface area (Å²) < 4.78 is 5.61. The molecule has 17 heavy (non-hydrogen) atoms. The monoisotopic (exact) mass is 236 g/mol. The van der Waals surface area contributed by atoms with Crippen LogP contribution in [0.1, 0.15) is 50.7 Å². The molecular weight excluding hydrogens is 212 g/mol. The highest BCUT2D eigenvalue weighted by Gasteiger charge is 2.27. The van der Waals surface area contributed by atoms with Gasteiger partial charge in [-0.3, -0.25) is 4.90 Å². The molecule has 2 N–H and O–H groups in total. The molecule has 1 aliphatic heterocycles. The first-order valence-electron chi connectivity index (χ1n) is 6.65. The first kappa shape index (κ1) is 12.7. The first-order valence-corrected chi connectivity index (χ1v) is 6.65. The molecule has 3 atom stereocenters. The SMILES string of the molecule is Cc1ccc(C(N)CN2C(C)CCCC2C)o1. The van der Waals surface area contributed by atoms with Crippen LogP contribution >= 0.6 is 0 Å². The van der Waals surface area contributed by atoms with E-state index < -0.39 is 0 Å². The summed E-state index contributed by atoms with van der Waals surface area (Å²) in [5.41, 5.74) is 6.23. The number of hydrogen-bond donors (Lipinski definition) is 1. The first-order chi connectivity index (χ1) is 8.08. The number of nitrogens with zero attached hydrogens (tertiary/aromatic N) is 1. The van der Waals surface area contributed by atoms with E-state index in [1.165, 1.54) is 19.3 Å². The lowest BCUT2D eigenvalue weighted by atomic mass is 9.96. The van der Waals surface area contributed by atoms with Crippen LogP contribution in [0.25, 0.3) is 0 Å². The van der Waals surface area contributed by atoms with Gasteiger partial charge in [0.15, 0.2) is 0 Å². The van der Waals surface area contributed by atoms with Crippen LogP contribution in [-0.2, 0) is 0 Å². The Morgan fingerprint density at radius 2 is 2.00 bits per heavy atom. The van der Waals surface area contributed by atoms with Crippen molar-refractivity contribution >= 4 is 0 Å². The zero-order valence-electron chi connectivity index (χ0n) is 11.1. The second kappa shape index (κ2) is 5.23. The lowest BCUT2D eigenvalue weighted by molar-refractivity contribution is 0.0932. The van der Waals surface area contributed by atoms with E-state index in [0.717, 1.165) is 18.1 Å². The topological polar surface area (TPSA) is 42.4 Å². The van der Waals surface area contributed by atoms with E-state index in [2.05, 4.69) is 18.7 Å². The largest absolute Gasteiger partial charge is 0.465 e. The van der Waals surface area contributed by atoms with E-state index in [9.17, 15) is 0 Å². The van der Waals surface area contributed by atoms with Crippen molar-refractivity contribution in [3.8, 4) is 0 Å². The third-order valence-corrected chi connectivity index (χ3v) is 3.91. The molecule has 0 aliphatic carbocycles. The minimum atomic E-state index is -0.00769. The van der Waals surface area contributed by atoms with E-state index in [0.29, 0.717) is 12.1 Å². The second-order valence-corrected chi connectivity index (χ2v) is 5.38. The van der Waals surface area contributed by atoms with Gasteiger partial charge in [-0.15, -0.1) is 0 Å². The minimum absolute atomic E-state index is 0.00769. The third-order valence-electron chi connectivity index (χ3n) is 3.91. The van der Waals surface area contributed by atoms with Crippen molar-refractivity contribution in [2.45, 2.75) is 58.2 Å². The standard InChI is InChI=1S/C14H24N2O/c1-10-5-4-6-11(2)16(10)9-13(15)14-8-7-12(3)17-14/h7-8,10-11,13H,4-6,9,15H2,1-3H3. The minimum Gasteiger partial charge on any atom is -0.465 e. The molecule has 3 unspecified atom stereocenters. The fourth-order valence-corrected chi connectivity index (χ4v) is 2.80. The van der Waals surface area contributed by atoms with Crippen LogP contribution < -0.4 is 5.73 Å². The van der Waals surface area contributed by atoms with Crippen molar-refractivity contribution in [3.63, 3.8) is 0 Å². The average Bonchev–Trinajstić information content (AvgIpc) is 2.70. The number of hydrogen-bond acceptors (Lipinski definition) is 3. The summed E-state index contributed by atoms with van der Waals surface area (Å²) in [6, 6.07) is 5.26. The maximum atomic E-state index is 6.23. The maximum Gasteiger partial charge on any atom is 0.122 e. The van der Waals surface area contributed by atoms with Crippen LogP contribution in [0.5, 0.6) is 0 Å². The number of rotatable bonds is 3. The highest BCUT2D eigenvalue weighted by molar-refractivity contribution is 5.09. The fraction of sp³-hybridized carbons (Fsp3) is 0.714. The molecule has 2 heterocycles. The van der Waals surface area contributed by atoms with Crippen molar-refractivity contribution in [1.29, 1.82) is 0 Å². The highest BCUT2D eigenvalue weighted by atomic mass is 16.3. The molecule has 0 aromatic carbocycles. The Balaban J connectivity index is 1.99. The predicted molar refractivity (Wildman–Crippen MR) is 69.9 cm³/mol. The van der Waals surface area contributed by atoms with Gasteiger partial charge in [0.05, 0.1) is 6.04 Å². The van der Waals surface area contributed by atoms with Gasteiger partial charge in [-0.25, -0.2) is 0 Å².